The molecule has 6 heteroatoms. The Morgan fingerprint density at radius 3 is 2.46 bits per heavy atom. The van der Waals surface area contributed by atoms with Gasteiger partial charge in [-0.2, -0.15) is 0 Å². The highest BCUT2D eigenvalue weighted by Crippen LogP contribution is 2.21. The van der Waals surface area contributed by atoms with Gasteiger partial charge in [0.15, 0.2) is 0 Å². The monoisotopic (exact) mass is 364 g/mol. The van der Waals surface area contributed by atoms with Crippen molar-refractivity contribution in [1.29, 1.82) is 0 Å². The molecular formula is C20H29FN2O3. The first kappa shape index (κ1) is 20.4. The first-order chi connectivity index (χ1) is 12.3. The molecule has 26 heavy (non-hydrogen) atoms. The van der Waals surface area contributed by atoms with Gasteiger partial charge in [-0.1, -0.05) is 26.0 Å². The van der Waals surface area contributed by atoms with Gasteiger partial charge in [-0.25, -0.2) is 4.39 Å². The molecule has 1 aliphatic heterocycles. The Morgan fingerprint density at radius 2 is 1.88 bits per heavy atom. The maximum atomic E-state index is 13.1. The number of hydrogen-bond acceptors (Lipinski definition) is 3. The third kappa shape index (κ3) is 5.53. The second-order valence-electron chi connectivity index (χ2n) is 7.41. The SMILES string of the molecule is CC(C)OCC(=O)N1CCC(=O)N(Cc2ccc(F)cc2)[C@H](C(C)C)C1. The van der Waals surface area contributed by atoms with Crippen molar-refractivity contribution in [2.24, 2.45) is 5.92 Å². The van der Waals surface area contributed by atoms with E-state index in [1.165, 1.54) is 12.1 Å². The molecule has 1 atom stereocenters. The van der Waals surface area contributed by atoms with Crippen LogP contribution in [0.2, 0.25) is 0 Å². The molecule has 1 heterocycles. The predicted molar refractivity (Wildman–Crippen MR) is 97.9 cm³/mol. The summed E-state index contributed by atoms with van der Waals surface area (Å²) in [5.74, 6) is -0.161. The number of ether oxygens (including phenoxy) is 1. The maximum absolute atomic E-state index is 13.1. The quantitative estimate of drug-likeness (QED) is 0.780. The molecule has 1 saturated heterocycles. The Hall–Kier alpha value is -1.95. The van der Waals surface area contributed by atoms with E-state index in [-0.39, 0.29) is 48.7 Å². The van der Waals surface area contributed by atoms with Crippen LogP contribution < -0.4 is 0 Å². The van der Waals surface area contributed by atoms with Crippen LogP contribution in [-0.2, 0) is 20.9 Å². The third-order valence-corrected chi connectivity index (χ3v) is 4.65. The number of rotatable bonds is 6. The second kappa shape index (κ2) is 9.12. The zero-order valence-corrected chi connectivity index (χ0v) is 16.1. The van der Waals surface area contributed by atoms with Crippen molar-refractivity contribution in [2.75, 3.05) is 19.7 Å². The second-order valence-corrected chi connectivity index (χ2v) is 7.41. The van der Waals surface area contributed by atoms with Crippen LogP contribution in [0.1, 0.15) is 39.7 Å². The number of amides is 2. The average Bonchev–Trinajstić information content (AvgIpc) is 2.75. The Kier molecular flexibility index (Phi) is 7.14. The van der Waals surface area contributed by atoms with Crippen LogP contribution in [0.3, 0.4) is 0 Å². The van der Waals surface area contributed by atoms with Gasteiger partial charge < -0.3 is 14.5 Å². The minimum atomic E-state index is -0.293. The van der Waals surface area contributed by atoms with Crippen molar-refractivity contribution in [1.82, 2.24) is 9.80 Å². The van der Waals surface area contributed by atoms with Crippen molar-refractivity contribution in [3.05, 3.63) is 35.6 Å². The number of carbonyl (C=O) groups is 2. The molecular weight excluding hydrogens is 335 g/mol. The minimum absolute atomic E-state index is 0.0107. The average molecular weight is 364 g/mol. The van der Waals surface area contributed by atoms with Gasteiger partial charge in [-0.3, -0.25) is 9.59 Å². The molecule has 0 radical (unpaired) electrons. The van der Waals surface area contributed by atoms with E-state index in [0.717, 1.165) is 5.56 Å². The maximum Gasteiger partial charge on any atom is 0.248 e. The molecule has 0 N–H and O–H groups in total. The summed E-state index contributed by atoms with van der Waals surface area (Å²) in [4.78, 5) is 28.7. The van der Waals surface area contributed by atoms with Crippen molar-refractivity contribution in [2.45, 2.75) is 52.8 Å². The first-order valence-electron chi connectivity index (χ1n) is 9.21. The van der Waals surface area contributed by atoms with Crippen LogP contribution in [0.5, 0.6) is 0 Å². The predicted octanol–water partition coefficient (Wildman–Crippen LogP) is 2.84. The van der Waals surface area contributed by atoms with E-state index >= 15 is 0 Å². The summed E-state index contributed by atoms with van der Waals surface area (Å²) in [6.45, 7) is 9.23. The fourth-order valence-corrected chi connectivity index (χ4v) is 3.09. The van der Waals surface area contributed by atoms with Gasteiger partial charge in [0, 0.05) is 26.1 Å². The highest BCUT2D eigenvalue weighted by Gasteiger charge is 2.33. The fraction of sp³-hybridized carbons (Fsp3) is 0.600. The van der Waals surface area contributed by atoms with Gasteiger partial charge in [-0.15, -0.1) is 0 Å². The minimum Gasteiger partial charge on any atom is -0.369 e. The van der Waals surface area contributed by atoms with Crippen molar-refractivity contribution >= 4 is 11.8 Å². The Labute approximate surface area is 155 Å². The zero-order valence-electron chi connectivity index (χ0n) is 16.1. The standard InChI is InChI=1S/C20H29FN2O3/c1-14(2)18-12-22(20(25)13-26-15(3)4)10-9-19(24)23(18)11-16-5-7-17(21)8-6-16/h5-8,14-15,18H,9-13H2,1-4H3/t18-/m0/s1. The Morgan fingerprint density at radius 1 is 1.23 bits per heavy atom. The fourth-order valence-electron chi connectivity index (χ4n) is 3.09. The van der Waals surface area contributed by atoms with Crippen LogP contribution in [0, 0.1) is 11.7 Å². The molecule has 0 saturated carbocycles. The topological polar surface area (TPSA) is 49.9 Å². The summed E-state index contributed by atoms with van der Waals surface area (Å²) in [5.41, 5.74) is 0.883. The largest absolute Gasteiger partial charge is 0.369 e. The molecule has 0 aromatic heterocycles. The lowest BCUT2D eigenvalue weighted by Crippen LogP contribution is -2.47. The molecule has 5 nitrogen and oxygen atoms in total. The van der Waals surface area contributed by atoms with E-state index in [4.69, 9.17) is 4.74 Å². The molecule has 2 rings (SSSR count). The molecule has 0 unspecified atom stereocenters. The summed E-state index contributed by atoms with van der Waals surface area (Å²) in [5, 5.41) is 0. The molecule has 1 aromatic carbocycles. The summed E-state index contributed by atoms with van der Waals surface area (Å²) in [6.07, 6.45) is 0.279. The van der Waals surface area contributed by atoms with Gasteiger partial charge in [0.1, 0.15) is 12.4 Å². The van der Waals surface area contributed by atoms with E-state index in [9.17, 15) is 14.0 Å². The van der Waals surface area contributed by atoms with E-state index < -0.39 is 0 Å². The normalized spacial score (nSPS) is 18.6. The Bertz CT molecular complexity index is 616. The van der Waals surface area contributed by atoms with Crippen LogP contribution in [-0.4, -0.2) is 53.5 Å². The van der Waals surface area contributed by atoms with E-state index in [1.807, 2.05) is 32.6 Å². The van der Waals surface area contributed by atoms with Crippen LogP contribution in [0.15, 0.2) is 24.3 Å². The molecule has 2 amide bonds. The summed E-state index contributed by atoms with van der Waals surface area (Å²) >= 11 is 0. The van der Waals surface area contributed by atoms with Crippen LogP contribution >= 0.6 is 0 Å². The van der Waals surface area contributed by atoms with Crippen molar-refractivity contribution < 1.29 is 18.7 Å². The zero-order chi connectivity index (χ0) is 19.3. The number of nitrogens with zero attached hydrogens (tertiary/aromatic N) is 2. The molecule has 0 spiro atoms. The van der Waals surface area contributed by atoms with Gasteiger partial charge in [0.2, 0.25) is 11.8 Å². The first-order valence-corrected chi connectivity index (χ1v) is 9.21. The molecule has 0 aliphatic carbocycles. The van der Waals surface area contributed by atoms with Crippen molar-refractivity contribution in [3.8, 4) is 0 Å². The highest BCUT2D eigenvalue weighted by atomic mass is 19.1. The lowest BCUT2D eigenvalue weighted by Gasteiger charge is -2.34. The number of carbonyl (C=O) groups excluding carboxylic acids is 2. The van der Waals surface area contributed by atoms with E-state index in [1.54, 1.807) is 17.0 Å². The molecule has 0 bridgehead atoms. The summed E-state index contributed by atoms with van der Waals surface area (Å²) < 4.78 is 18.6. The summed E-state index contributed by atoms with van der Waals surface area (Å²) in [7, 11) is 0. The molecule has 144 valence electrons. The van der Waals surface area contributed by atoms with Crippen LogP contribution in [0.25, 0.3) is 0 Å². The third-order valence-electron chi connectivity index (χ3n) is 4.65. The lowest BCUT2D eigenvalue weighted by molar-refractivity contribution is -0.138. The molecule has 1 aromatic rings. The highest BCUT2D eigenvalue weighted by molar-refractivity contribution is 5.81. The van der Waals surface area contributed by atoms with E-state index in [0.29, 0.717) is 19.6 Å². The Balaban J connectivity index is 2.14. The van der Waals surface area contributed by atoms with Gasteiger partial charge in [0.25, 0.3) is 0 Å². The summed E-state index contributed by atoms with van der Waals surface area (Å²) in [6, 6.07) is 6.12. The smallest absolute Gasteiger partial charge is 0.248 e. The van der Waals surface area contributed by atoms with E-state index in [2.05, 4.69) is 0 Å². The lowest BCUT2D eigenvalue weighted by atomic mass is 10.0. The number of halogens is 1. The van der Waals surface area contributed by atoms with Crippen LogP contribution in [0.4, 0.5) is 4.39 Å². The van der Waals surface area contributed by atoms with Crippen molar-refractivity contribution in [3.63, 3.8) is 0 Å². The van der Waals surface area contributed by atoms with Gasteiger partial charge in [-0.05, 0) is 37.5 Å². The van der Waals surface area contributed by atoms with Gasteiger partial charge in [0.05, 0.1) is 12.1 Å². The number of benzene rings is 1. The van der Waals surface area contributed by atoms with Gasteiger partial charge >= 0.3 is 0 Å². The molecule has 1 aliphatic rings. The number of hydrogen-bond donors (Lipinski definition) is 0. The molecule has 1 fully saturated rings.